The second-order valence-corrected chi connectivity index (χ2v) is 5.69. The van der Waals surface area contributed by atoms with Crippen molar-refractivity contribution in [2.75, 3.05) is 25.2 Å². The highest BCUT2D eigenvalue weighted by Gasteiger charge is 2.31. The van der Waals surface area contributed by atoms with Gasteiger partial charge >= 0.3 is 0 Å². The molecule has 0 heterocycles. The fourth-order valence-corrected chi connectivity index (χ4v) is 2.72. The summed E-state index contributed by atoms with van der Waals surface area (Å²) in [4.78, 5) is 0. The maximum atomic E-state index is 5.72. The predicted molar refractivity (Wildman–Crippen MR) is 88.3 cm³/mol. The zero-order chi connectivity index (χ0) is 15.1. The highest BCUT2D eigenvalue weighted by Crippen LogP contribution is 2.24. The van der Waals surface area contributed by atoms with E-state index in [1.165, 1.54) is 38.5 Å². The topological polar surface area (TPSA) is 27.7 Å². The van der Waals surface area contributed by atoms with Crippen molar-refractivity contribution in [1.29, 1.82) is 0 Å². The van der Waals surface area contributed by atoms with Gasteiger partial charge in [-0.1, -0.05) is 48.0 Å². The first kappa shape index (κ1) is 20.4. The molecule has 0 aromatic rings. The van der Waals surface area contributed by atoms with E-state index in [1.807, 2.05) is 20.8 Å². The zero-order valence-corrected chi connectivity index (χ0v) is 15.2. The lowest BCUT2D eigenvalue weighted by Crippen LogP contribution is -2.39. The van der Waals surface area contributed by atoms with E-state index >= 15 is 0 Å². The van der Waals surface area contributed by atoms with Crippen molar-refractivity contribution in [1.82, 2.24) is 0 Å². The van der Waals surface area contributed by atoms with Gasteiger partial charge in [0.15, 0.2) is 0 Å². The molecule has 0 aromatic heterocycles. The summed E-state index contributed by atoms with van der Waals surface area (Å²) in [5.74, 6) is -0.811. The van der Waals surface area contributed by atoms with Gasteiger partial charge in [0.05, 0.1) is 0 Å². The van der Waals surface area contributed by atoms with E-state index in [-0.39, 0.29) is 0 Å². The Balaban J connectivity index is 3.82. The lowest BCUT2D eigenvalue weighted by molar-refractivity contribution is -0.380. The average molecular weight is 353 g/mol. The quantitative estimate of drug-likeness (QED) is 0.228. The Labute approximate surface area is 133 Å². The minimum absolute atomic E-state index is 0.618. The van der Waals surface area contributed by atoms with Gasteiger partial charge in [-0.15, -0.1) is 0 Å². The van der Waals surface area contributed by atoms with Crippen molar-refractivity contribution in [3.05, 3.63) is 0 Å². The van der Waals surface area contributed by atoms with Gasteiger partial charge in [-0.2, -0.15) is 0 Å². The van der Waals surface area contributed by atoms with E-state index in [0.29, 0.717) is 19.8 Å². The Kier molecular flexibility index (Phi) is 14.6. The number of hydrogen-bond acceptors (Lipinski definition) is 3. The third-order valence-corrected chi connectivity index (χ3v) is 3.77. The summed E-state index contributed by atoms with van der Waals surface area (Å²) in [6.07, 6.45) is 9.75. The Morgan fingerprint density at radius 3 is 1.45 bits per heavy atom. The van der Waals surface area contributed by atoms with E-state index in [0.717, 1.165) is 18.2 Å². The van der Waals surface area contributed by atoms with Crippen LogP contribution in [0.5, 0.6) is 0 Å². The monoisotopic (exact) mass is 352 g/mol. The predicted octanol–water partition coefficient (Wildman–Crippen LogP) is 5.27. The molecule has 0 spiro atoms. The van der Waals surface area contributed by atoms with Crippen LogP contribution in [0.15, 0.2) is 0 Å². The molecule has 3 nitrogen and oxygen atoms in total. The van der Waals surface area contributed by atoms with E-state index in [4.69, 9.17) is 14.2 Å². The first-order chi connectivity index (χ1) is 9.74. The number of ether oxygens (including phenoxy) is 3. The van der Waals surface area contributed by atoms with Crippen LogP contribution in [-0.2, 0) is 14.2 Å². The number of hydrogen-bond donors (Lipinski definition) is 0. The zero-order valence-electron chi connectivity index (χ0n) is 13.6. The number of rotatable bonds is 15. The van der Waals surface area contributed by atoms with Crippen LogP contribution in [0.4, 0.5) is 0 Å². The van der Waals surface area contributed by atoms with Gasteiger partial charge < -0.3 is 14.2 Å². The Morgan fingerprint density at radius 2 is 1.05 bits per heavy atom. The number of alkyl halides is 1. The first-order valence-corrected chi connectivity index (χ1v) is 9.34. The molecule has 0 saturated carbocycles. The molecule has 0 aliphatic rings. The Morgan fingerprint density at radius 1 is 0.650 bits per heavy atom. The minimum Gasteiger partial charge on any atom is -0.328 e. The van der Waals surface area contributed by atoms with E-state index < -0.39 is 5.97 Å². The average Bonchev–Trinajstić information content (AvgIpc) is 2.43. The molecule has 0 aliphatic carbocycles. The standard InChI is InChI=1S/C16H33BrO3/c1-4-18-16(19-5-2,20-6-3)14-12-10-8-7-9-11-13-15-17/h4-15H2,1-3H3. The van der Waals surface area contributed by atoms with Gasteiger partial charge in [-0.3, -0.25) is 0 Å². The molecule has 0 bridgehead atoms. The van der Waals surface area contributed by atoms with Gasteiger partial charge in [-0.05, 0) is 33.6 Å². The largest absolute Gasteiger partial charge is 0.328 e. The molecular formula is C16H33BrO3. The molecule has 0 aliphatic heterocycles. The van der Waals surface area contributed by atoms with Crippen molar-refractivity contribution < 1.29 is 14.2 Å². The van der Waals surface area contributed by atoms with Gasteiger partial charge in [-0.25, -0.2) is 0 Å². The summed E-state index contributed by atoms with van der Waals surface area (Å²) < 4.78 is 17.2. The van der Waals surface area contributed by atoms with Gasteiger partial charge in [0, 0.05) is 31.6 Å². The van der Waals surface area contributed by atoms with E-state index in [2.05, 4.69) is 15.9 Å². The first-order valence-electron chi connectivity index (χ1n) is 8.22. The summed E-state index contributed by atoms with van der Waals surface area (Å²) in [6, 6.07) is 0. The van der Waals surface area contributed by atoms with Crippen LogP contribution in [0.2, 0.25) is 0 Å². The van der Waals surface area contributed by atoms with Gasteiger partial charge in [0.1, 0.15) is 0 Å². The molecule has 0 N–H and O–H groups in total. The maximum absolute atomic E-state index is 5.72. The molecule has 4 heteroatoms. The van der Waals surface area contributed by atoms with Gasteiger partial charge in [0.2, 0.25) is 0 Å². The molecular weight excluding hydrogens is 320 g/mol. The third-order valence-electron chi connectivity index (χ3n) is 3.21. The van der Waals surface area contributed by atoms with E-state index in [9.17, 15) is 0 Å². The normalized spacial score (nSPS) is 12.0. The second-order valence-electron chi connectivity index (χ2n) is 4.90. The Hall–Kier alpha value is 0.360. The third kappa shape index (κ3) is 10.1. The second kappa shape index (κ2) is 14.3. The fraction of sp³-hybridized carbons (Fsp3) is 1.00. The SMILES string of the molecule is CCOC(CCCCCCCCCBr)(OCC)OCC. The molecule has 0 atom stereocenters. The van der Waals surface area contributed by atoms with Crippen LogP contribution in [0.1, 0.15) is 72.1 Å². The van der Waals surface area contributed by atoms with Crippen LogP contribution in [-0.4, -0.2) is 31.1 Å². The lowest BCUT2D eigenvalue weighted by Gasteiger charge is -2.32. The van der Waals surface area contributed by atoms with Crippen LogP contribution >= 0.6 is 15.9 Å². The highest BCUT2D eigenvalue weighted by molar-refractivity contribution is 9.09. The van der Waals surface area contributed by atoms with Crippen LogP contribution in [0.25, 0.3) is 0 Å². The summed E-state index contributed by atoms with van der Waals surface area (Å²) in [6.45, 7) is 7.80. The summed E-state index contributed by atoms with van der Waals surface area (Å²) >= 11 is 3.47. The molecule has 20 heavy (non-hydrogen) atoms. The number of unbranched alkanes of at least 4 members (excludes halogenated alkanes) is 6. The summed E-state index contributed by atoms with van der Waals surface area (Å²) in [5, 5.41) is 1.13. The molecule has 0 rings (SSSR count). The van der Waals surface area contributed by atoms with Crippen LogP contribution in [0, 0.1) is 0 Å². The smallest absolute Gasteiger partial charge is 0.282 e. The molecule has 0 unspecified atom stereocenters. The van der Waals surface area contributed by atoms with E-state index in [1.54, 1.807) is 0 Å². The fourth-order valence-electron chi connectivity index (χ4n) is 2.32. The molecule has 0 fully saturated rings. The van der Waals surface area contributed by atoms with Crippen molar-refractivity contribution >= 4 is 15.9 Å². The maximum Gasteiger partial charge on any atom is 0.282 e. The number of halogens is 1. The lowest BCUT2D eigenvalue weighted by atomic mass is 10.1. The van der Waals surface area contributed by atoms with Crippen molar-refractivity contribution in [3.8, 4) is 0 Å². The van der Waals surface area contributed by atoms with Crippen LogP contribution < -0.4 is 0 Å². The summed E-state index contributed by atoms with van der Waals surface area (Å²) in [5.41, 5.74) is 0. The molecule has 0 amide bonds. The highest BCUT2D eigenvalue weighted by atomic mass is 79.9. The van der Waals surface area contributed by atoms with Gasteiger partial charge in [0.25, 0.3) is 5.97 Å². The molecule has 122 valence electrons. The summed E-state index contributed by atoms with van der Waals surface area (Å²) in [7, 11) is 0. The van der Waals surface area contributed by atoms with Crippen molar-refractivity contribution in [3.63, 3.8) is 0 Å². The van der Waals surface area contributed by atoms with Crippen molar-refractivity contribution in [2.45, 2.75) is 78.1 Å². The molecule has 0 saturated heterocycles. The molecule has 0 radical (unpaired) electrons. The Bertz CT molecular complexity index is 183. The minimum atomic E-state index is -0.811. The van der Waals surface area contributed by atoms with Crippen LogP contribution in [0.3, 0.4) is 0 Å². The molecule has 0 aromatic carbocycles. The van der Waals surface area contributed by atoms with Crippen molar-refractivity contribution in [2.24, 2.45) is 0 Å².